The van der Waals surface area contributed by atoms with Crippen LogP contribution in [-0.4, -0.2) is 46.0 Å². The number of benzene rings is 1. The number of aliphatic hydroxyl groups excluding tert-OH is 3. The zero-order valence-electron chi connectivity index (χ0n) is 12.7. The second-order valence-corrected chi connectivity index (χ2v) is 5.71. The Morgan fingerprint density at radius 2 is 1.83 bits per heavy atom. The maximum atomic E-state index is 11.4. The summed E-state index contributed by atoms with van der Waals surface area (Å²) in [5, 5.41) is 30.2. The fourth-order valence-corrected chi connectivity index (χ4v) is 2.62. The molecule has 0 radical (unpaired) electrons. The molecule has 0 bridgehead atoms. The van der Waals surface area contributed by atoms with Gasteiger partial charge in [0.2, 0.25) is 6.29 Å². The van der Waals surface area contributed by atoms with E-state index in [1.807, 2.05) is 0 Å². The van der Waals surface area contributed by atoms with Gasteiger partial charge < -0.3 is 29.2 Å². The second-order valence-electron chi connectivity index (χ2n) is 5.71. The van der Waals surface area contributed by atoms with E-state index in [0.29, 0.717) is 11.3 Å². The number of rotatable bonds is 2. The molecule has 1 aliphatic rings. The lowest BCUT2D eigenvalue weighted by Gasteiger charge is -2.38. The van der Waals surface area contributed by atoms with E-state index in [9.17, 15) is 20.1 Å². The van der Waals surface area contributed by atoms with Crippen LogP contribution in [0, 0.1) is 6.92 Å². The average molecular weight is 322 g/mol. The van der Waals surface area contributed by atoms with Gasteiger partial charge in [0, 0.05) is 17.5 Å². The van der Waals surface area contributed by atoms with Crippen molar-refractivity contribution < 1.29 is 29.2 Å². The molecule has 5 atom stereocenters. The normalized spacial score (nSPS) is 31.3. The summed E-state index contributed by atoms with van der Waals surface area (Å²) >= 11 is 0. The minimum absolute atomic E-state index is 0.311. The molecule has 124 valence electrons. The maximum absolute atomic E-state index is 11.4. The Kier molecular flexibility index (Phi) is 4.11. The zero-order valence-corrected chi connectivity index (χ0v) is 12.7. The van der Waals surface area contributed by atoms with Crippen molar-refractivity contribution in [2.45, 2.75) is 44.6 Å². The lowest BCUT2D eigenvalue weighted by atomic mass is 10.00. The molecule has 2 aromatic rings. The first-order valence-electron chi connectivity index (χ1n) is 7.27. The predicted octanol–water partition coefficient (Wildman–Crippen LogP) is 0.308. The van der Waals surface area contributed by atoms with Gasteiger partial charge in [0.05, 0.1) is 6.10 Å². The average Bonchev–Trinajstić information content (AvgIpc) is 2.50. The van der Waals surface area contributed by atoms with Gasteiger partial charge in [-0.3, -0.25) is 0 Å². The Hall–Kier alpha value is -1.93. The third kappa shape index (κ3) is 2.96. The number of ether oxygens (including phenoxy) is 2. The van der Waals surface area contributed by atoms with E-state index in [1.165, 1.54) is 12.1 Å². The van der Waals surface area contributed by atoms with Gasteiger partial charge in [-0.2, -0.15) is 0 Å². The van der Waals surface area contributed by atoms with Crippen molar-refractivity contribution in [1.29, 1.82) is 0 Å². The van der Waals surface area contributed by atoms with Crippen LogP contribution in [0.25, 0.3) is 11.0 Å². The van der Waals surface area contributed by atoms with Crippen molar-refractivity contribution in [3.63, 3.8) is 0 Å². The highest BCUT2D eigenvalue weighted by Crippen LogP contribution is 2.27. The van der Waals surface area contributed by atoms with Crippen molar-refractivity contribution in [1.82, 2.24) is 0 Å². The first kappa shape index (κ1) is 15.9. The molecule has 1 aliphatic heterocycles. The molecule has 3 rings (SSSR count). The summed E-state index contributed by atoms with van der Waals surface area (Å²) in [7, 11) is 0. The predicted molar refractivity (Wildman–Crippen MR) is 80.2 cm³/mol. The summed E-state index contributed by atoms with van der Waals surface area (Å²) in [5.74, 6) is 0.311. The largest absolute Gasteiger partial charge is 0.462 e. The van der Waals surface area contributed by atoms with Crippen LogP contribution in [0.3, 0.4) is 0 Å². The molecule has 7 nitrogen and oxygen atoms in total. The molecule has 1 saturated heterocycles. The second kappa shape index (κ2) is 5.93. The standard InChI is InChI=1S/C16H18O7/c1-7-5-12(17)23-11-6-9(3-4-10(7)11)22-16-15(20)14(19)13(18)8(2)21-16/h3-6,8,13-16,18-20H,1-2H3/t8-,13+,14-,15-,16-/m0/s1. The Labute approximate surface area is 131 Å². The molecule has 1 aromatic carbocycles. The molecule has 0 spiro atoms. The highest BCUT2D eigenvalue weighted by molar-refractivity contribution is 5.81. The molecule has 1 fully saturated rings. The first-order valence-corrected chi connectivity index (χ1v) is 7.27. The van der Waals surface area contributed by atoms with Crippen molar-refractivity contribution in [2.75, 3.05) is 0 Å². The number of fused-ring (bicyclic) bond motifs is 1. The third-order valence-corrected chi connectivity index (χ3v) is 3.98. The molecule has 23 heavy (non-hydrogen) atoms. The van der Waals surface area contributed by atoms with Gasteiger partial charge >= 0.3 is 5.63 Å². The van der Waals surface area contributed by atoms with Crippen molar-refractivity contribution in [3.8, 4) is 5.75 Å². The van der Waals surface area contributed by atoms with Crippen LogP contribution in [0.5, 0.6) is 5.75 Å². The van der Waals surface area contributed by atoms with Gasteiger partial charge in [-0.05, 0) is 31.5 Å². The van der Waals surface area contributed by atoms with Crippen LogP contribution in [0.2, 0.25) is 0 Å². The van der Waals surface area contributed by atoms with E-state index in [0.717, 1.165) is 10.9 Å². The Bertz CT molecular complexity index is 769. The van der Waals surface area contributed by atoms with Gasteiger partial charge in [0.25, 0.3) is 0 Å². The minimum Gasteiger partial charge on any atom is -0.462 e. The van der Waals surface area contributed by atoms with Crippen LogP contribution < -0.4 is 10.4 Å². The molecule has 0 unspecified atom stereocenters. The maximum Gasteiger partial charge on any atom is 0.336 e. The molecule has 3 N–H and O–H groups in total. The lowest BCUT2D eigenvalue weighted by molar-refractivity contribution is -0.268. The quantitative estimate of drug-likeness (QED) is 0.683. The minimum atomic E-state index is -1.40. The van der Waals surface area contributed by atoms with E-state index in [2.05, 4.69) is 0 Å². The molecular weight excluding hydrogens is 304 g/mol. The van der Waals surface area contributed by atoms with Gasteiger partial charge in [0.15, 0.2) is 0 Å². The Balaban J connectivity index is 1.88. The fourth-order valence-electron chi connectivity index (χ4n) is 2.62. The van der Waals surface area contributed by atoms with Crippen LogP contribution in [-0.2, 0) is 4.74 Å². The SMILES string of the molecule is Cc1cc(=O)oc2cc(O[C@@H]3O[C@@H](C)[C@@H](O)[C@H](O)[C@@H]3O)ccc12. The number of hydrogen-bond donors (Lipinski definition) is 3. The van der Waals surface area contributed by atoms with Gasteiger partial charge in [-0.1, -0.05) is 0 Å². The van der Waals surface area contributed by atoms with Crippen LogP contribution in [0.1, 0.15) is 12.5 Å². The smallest absolute Gasteiger partial charge is 0.336 e. The van der Waals surface area contributed by atoms with Crippen molar-refractivity contribution in [3.05, 3.63) is 40.2 Å². The van der Waals surface area contributed by atoms with E-state index in [4.69, 9.17) is 13.9 Å². The molecular formula is C16H18O7. The molecule has 7 heteroatoms. The summed E-state index contributed by atoms with van der Waals surface area (Å²) in [6, 6.07) is 6.29. The van der Waals surface area contributed by atoms with Crippen molar-refractivity contribution >= 4 is 11.0 Å². The highest BCUT2D eigenvalue weighted by atomic mass is 16.7. The highest BCUT2D eigenvalue weighted by Gasteiger charge is 2.43. The van der Waals surface area contributed by atoms with E-state index in [1.54, 1.807) is 26.0 Å². The Morgan fingerprint density at radius 1 is 1.09 bits per heavy atom. The monoisotopic (exact) mass is 322 g/mol. The zero-order chi connectivity index (χ0) is 16.7. The summed E-state index contributed by atoms with van der Waals surface area (Å²) < 4.78 is 16.0. The van der Waals surface area contributed by atoms with Crippen LogP contribution in [0.4, 0.5) is 0 Å². The first-order chi connectivity index (χ1) is 10.9. The summed E-state index contributed by atoms with van der Waals surface area (Å²) in [4.78, 5) is 11.4. The number of hydrogen-bond acceptors (Lipinski definition) is 7. The van der Waals surface area contributed by atoms with Gasteiger partial charge in [-0.25, -0.2) is 4.79 Å². The summed E-state index contributed by atoms with van der Waals surface area (Å²) in [5.41, 5.74) is 0.670. The fraction of sp³-hybridized carbons (Fsp3) is 0.438. The van der Waals surface area contributed by atoms with Crippen LogP contribution >= 0.6 is 0 Å². The molecule has 0 amide bonds. The number of aryl methyl sites for hydroxylation is 1. The van der Waals surface area contributed by atoms with E-state index in [-0.39, 0.29) is 0 Å². The van der Waals surface area contributed by atoms with E-state index < -0.39 is 36.3 Å². The van der Waals surface area contributed by atoms with Gasteiger partial charge in [0.1, 0.15) is 29.6 Å². The summed E-state index contributed by atoms with van der Waals surface area (Å²) in [6.45, 7) is 3.37. The molecule has 1 aromatic heterocycles. The van der Waals surface area contributed by atoms with Gasteiger partial charge in [-0.15, -0.1) is 0 Å². The molecule has 0 aliphatic carbocycles. The van der Waals surface area contributed by atoms with E-state index >= 15 is 0 Å². The molecule has 0 saturated carbocycles. The molecule has 2 heterocycles. The third-order valence-electron chi connectivity index (χ3n) is 3.98. The summed E-state index contributed by atoms with van der Waals surface area (Å²) in [6.07, 6.45) is -5.80. The van der Waals surface area contributed by atoms with Crippen molar-refractivity contribution in [2.24, 2.45) is 0 Å². The Morgan fingerprint density at radius 3 is 2.57 bits per heavy atom. The lowest BCUT2D eigenvalue weighted by Crippen LogP contribution is -2.58. The number of aliphatic hydroxyl groups is 3. The van der Waals surface area contributed by atoms with Crippen LogP contribution in [0.15, 0.2) is 33.5 Å². The topological polar surface area (TPSA) is 109 Å².